The molecule has 0 aliphatic carbocycles. The van der Waals surface area contributed by atoms with Gasteiger partial charge < -0.3 is 14.5 Å². The second kappa shape index (κ2) is 16.3. The molecule has 3 heterocycles. The third kappa shape index (κ3) is 8.05. The molecule has 1 aliphatic rings. The van der Waals surface area contributed by atoms with E-state index in [-0.39, 0.29) is 21.7 Å². The van der Waals surface area contributed by atoms with Crippen molar-refractivity contribution in [3.05, 3.63) is 216 Å². The predicted octanol–water partition coefficient (Wildman–Crippen LogP) is 16.5. The molecule has 0 amide bonds. The summed E-state index contributed by atoms with van der Waals surface area (Å²) in [5.74, 6) is 2.42. The molecular weight excluding hydrogens is 817 g/mol. The predicted molar refractivity (Wildman–Crippen MR) is 282 cm³/mol. The van der Waals surface area contributed by atoms with Gasteiger partial charge in [0.1, 0.15) is 24.0 Å². The maximum atomic E-state index is 7.14. The monoisotopic (exact) mass is 878 g/mol. The Kier molecular flexibility index (Phi) is 10.7. The van der Waals surface area contributed by atoms with Gasteiger partial charge in [-0.1, -0.05) is 166 Å². The first-order valence-electron chi connectivity index (χ1n) is 23.7. The van der Waals surface area contributed by atoms with E-state index in [2.05, 4.69) is 260 Å². The molecule has 0 bridgehead atoms. The largest absolute Gasteiger partial charge is 0.457 e. The van der Waals surface area contributed by atoms with E-state index < -0.39 is 0 Å². The summed E-state index contributed by atoms with van der Waals surface area (Å²) in [6.45, 7) is 23.6. The Hall–Kier alpha value is -7.11. The van der Waals surface area contributed by atoms with Gasteiger partial charge in [0, 0.05) is 51.3 Å². The number of rotatable bonds is 9. The van der Waals surface area contributed by atoms with Gasteiger partial charge in [-0.3, -0.25) is 4.57 Å². The minimum Gasteiger partial charge on any atom is -0.457 e. The Morgan fingerprint density at radius 1 is 0.403 bits per heavy atom. The first-order chi connectivity index (χ1) is 32.0. The van der Waals surface area contributed by atoms with Crippen LogP contribution in [0.3, 0.4) is 0 Å². The van der Waals surface area contributed by atoms with Crippen LogP contribution in [0.15, 0.2) is 182 Å². The van der Waals surface area contributed by atoms with Crippen molar-refractivity contribution in [3.63, 3.8) is 0 Å². The molecule has 7 aromatic carbocycles. The summed E-state index contributed by atoms with van der Waals surface area (Å²) in [4.78, 5) is 9.96. The number of hydrogen-bond donors (Lipinski definition) is 0. The van der Waals surface area contributed by atoms with E-state index in [1.165, 1.54) is 55.8 Å². The fourth-order valence-electron chi connectivity index (χ4n) is 9.84. The van der Waals surface area contributed by atoms with Crippen molar-refractivity contribution in [2.75, 3.05) is 16.5 Å². The lowest BCUT2D eigenvalue weighted by Gasteiger charge is -2.30. The summed E-state index contributed by atoms with van der Waals surface area (Å²) in [5.41, 5.74) is 13.7. The van der Waals surface area contributed by atoms with Gasteiger partial charge in [0.05, 0.1) is 22.4 Å². The lowest BCUT2D eigenvalue weighted by molar-refractivity contribution is 0.480. The molecule has 10 rings (SSSR count). The topological polar surface area (TPSA) is 33.5 Å². The lowest BCUT2D eigenvalue weighted by atomic mass is 9.78. The van der Waals surface area contributed by atoms with E-state index in [0.717, 1.165) is 39.4 Å². The molecule has 0 saturated carbocycles. The Morgan fingerprint density at radius 2 is 1.00 bits per heavy atom. The van der Waals surface area contributed by atoms with Crippen LogP contribution in [0.4, 0.5) is 22.7 Å². The number of nitrogens with zero attached hydrogens (tertiary/aromatic N) is 4. The minimum absolute atomic E-state index is 0.0230. The average molecular weight is 879 g/mol. The van der Waals surface area contributed by atoms with Crippen molar-refractivity contribution in [3.8, 4) is 17.3 Å². The Balaban J connectivity index is 1.11. The highest BCUT2D eigenvalue weighted by molar-refractivity contribution is 6.09. The molecule has 0 fully saturated rings. The van der Waals surface area contributed by atoms with E-state index in [0.29, 0.717) is 6.67 Å². The van der Waals surface area contributed by atoms with Gasteiger partial charge in [-0.05, 0) is 111 Å². The van der Waals surface area contributed by atoms with Crippen molar-refractivity contribution in [1.82, 2.24) is 9.55 Å². The Morgan fingerprint density at radius 3 is 1.70 bits per heavy atom. The van der Waals surface area contributed by atoms with Crippen LogP contribution in [0.2, 0.25) is 0 Å². The number of pyridine rings is 1. The van der Waals surface area contributed by atoms with Crippen LogP contribution in [0.5, 0.6) is 11.5 Å². The number of benzene rings is 7. The highest BCUT2D eigenvalue weighted by Crippen LogP contribution is 2.49. The van der Waals surface area contributed by atoms with Crippen molar-refractivity contribution in [2.24, 2.45) is 0 Å². The Bertz CT molecular complexity index is 3280. The molecule has 0 spiro atoms. The summed E-state index contributed by atoms with van der Waals surface area (Å²) >= 11 is 0. The fraction of sp³-hybridized carbons (Fsp3) is 0.242. The standard InChI is InChI=1S/C62H62N4O/c1-59(2,3)44-24-19-25-48(34-44)64-41-65(57-37-45(60(4,5)6)28-31-55(57)64)49-35-47(62(9,10)43-22-15-12-16-23-43)36-51(39-49)67-50-29-30-53-52-26-17-18-27-54(52)66(56(53)40-50)58-38-46(32-33-63-58)61(7,8)42-20-13-11-14-21-42/h11-40H,41H2,1-10H3. The van der Waals surface area contributed by atoms with Gasteiger partial charge in [0.25, 0.3) is 0 Å². The molecule has 9 aromatic rings. The molecule has 0 saturated heterocycles. The van der Waals surface area contributed by atoms with Crippen LogP contribution in [0, 0.1) is 0 Å². The zero-order valence-corrected chi connectivity index (χ0v) is 40.7. The quantitative estimate of drug-likeness (QED) is 0.145. The number of hydrogen-bond acceptors (Lipinski definition) is 4. The van der Waals surface area contributed by atoms with E-state index in [1.54, 1.807) is 0 Å². The smallest absolute Gasteiger partial charge is 0.137 e. The molecule has 5 heteroatoms. The zero-order chi connectivity index (χ0) is 46.9. The molecule has 0 atom stereocenters. The van der Waals surface area contributed by atoms with Crippen LogP contribution in [-0.2, 0) is 21.7 Å². The summed E-state index contributed by atoms with van der Waals surface area (Å²) in [7, 11) is 0. The van der Waals surface area contributed by atoms with Crippen molar-refractivity contribution in [1.29, 1.82) is 0 Å². The van der Waals surface area contributed by atoms with Crippen molar-refractivity contribution in [2.45, 2.75) is 90.9 Å². The SMILES string of the molecule is CC(C)(C)c1cccc(N2CN(c3cc(Oc4ccc5c6ccccc6n(-c6cc(C(C)(C)c7ccccc7)ccn6)c5c4)cc(C(C)(C)c4ccccc4)c3)c3cc(C(C)(C)C)ccc32)c1. The fourth-order valence-corrected chi connectivity index (χ4v) is 9.84. The van der Waals surface area contributed by atoms with Crippen LogP contribution < -0.4 is 14.5 Å². The van der Waals surface area contributed by atoms with Crippen LogP contribution in [-0.4, -0.2) is 16.2 Å². The number of fused-ring (bicyclic) bond motifs is 4. The number of para-hydroxylation sites is 1. The number of anilines is 4. The molecule has 1 aliphatic heterocycles. The van der Waals surface area contributed by atoms with Crippen molar-refractivity contribution >= 4 is 44.6 Å². The third-order valence-electron chi connectivity index (χ3n) is 14.2. The Labute approximate surface area is 397 Å². The number of aromatic nitrogens is 2. The van der Waals surface area contributed by atoms with Gasteiger partial charge in [-0.2, -0.15) is 0 Å². The summed E-state index contributed by atoms with van der Waals surface area (Å²) in [6.07, 6.45) is 1.95. The summed E-state index contributed by atoms with van der Waals surface area (Å²) in [5, 5.41) is 2.32. The molecular formula is C62H62N4O. The second-order valence-corrected chi connectivity index (χ2v) is 21.5. The van der Waals surface area contributed by atoms with Crippen LogP contribution >= 0.6 is 0 Å². The van der Waals surface area contributed by atoms with E-state index in [4.69, 9.17) is 9.72 Å². The average Bonchev–Trinajstić information content (AvgIpc) is 3.87. The molecule has 5 nitrogen and oxygen atoms in total. The minimum atomic E-state index is -0.327. The van der Waals surface area contributed by atoms with E-state index in [1.807, 2.05) is 6.20 Å². The van der Waals surface area contributed by atoms with E-state index in [9.17, 15) is 0 Å². The highest BCUT2D eigenvalue weighted by atomic mass is 16.5. The molecule has 0 N–H and O–H groups in total. The van der Waals surface area contributed by atoms with Gasteiger partial charge in [0.15, 0.2) is 0 Å². The molecule has 336 valence electrons. The molecule has 2 aromatic heterocycles. The third-order valence-corrected chi connectivity index (χ3v) is 14.2. The first kappa shape index (κ1) is 43.8. The van der Waals surface area contributed by atoms with Gasteiger partial charge in [0.2, 0.25) is 0 Å². The number of ether oxygens (including phenoxy) is 1. The second-order valence-electron chi connectivity index (χ2n) is 21.5. The maximum absolute atomic E-state index is 7.14. The van der Waals surface area contributed by atoms with Gasteiger partial charge >= 0.3 is 0 Å². The van der Waals surface area contributed by atoms with Gasteiger partial charge in [-0.15, -0.1) is 0 Å². The summed E-state index contributed by atoms with van der Waals surface area (Å²) < 4.78 is 9.43. The van der Waals surface area contributed by atoms with Gasteiger partial charge in [-0.25, -0.2) is 4.98 Å². The van der Waals surface area contributed by atoms with Crippen molar-refractivity contribution < 1.29 is 4.74 Å². The first-order valence-corrected chi connectivity index (χ1v) is 23.7. The highest BCUT2D eigenvalue weighted by Gasteiger charge is 2.33. The molecule has 67 heavy (non-hydrogen) atoms. The normalized spacial score (nSPS) is 13.4. The maximum Gasteiger partial charge on any atom is 0.137 e. The lowest BCUT2D eigenvalue weighted by Crippen LogP contribution is -2.25. The molecule has 0 unspecified atom stereocenters. The summed E-state index contributed by atoms with van der Waals surface area (Å²) in [6, 6.07) is 64.0. The van der Waals surface area contributed by atoms with E-state index >= 15 is 0 Å². The van der Waals surface area contributed by atoms with Crippen LogP contribution in [0.1, 0.15) is 103 Å². The zero-order valence-electron chi connectivity index (χ0n) is 40.7. The molecule has 0 radical (unpaired) electrons. The van der Waals surface area contributed by atoms with Crippen LogP contribution in [0.25, 0.3) is 27.6 Å².